The molecule has 0 spiro atoms. The van der Waals surface area contributed by atoms with Crippen LogP contribution in [-0.2, 0) is 4.79 Å². The fraction of sp³-hybridized carbons (Fsp3) is 0.500. The van der Waals surface area contributed by atoms with Gasteiger partial charge in [-0.1, -0.05) is 0 Å². The molecule has 0 radical (unpaired) electrons. The Morgan fingerprint density at radius 1 is 1.47 bits per heavy atom. The molecule has 5 heteroatoms. The van der Waals surface area contributed by atoms with Gasteiger partial charge in [-0.3, -0.25) is 4.79 Å². The third-order valence-electron chi connectivity index (χ3n) is 3.39. The summed E-state index contributed by atoms with van der Waals surface area (Å²) in [5.41, 5.74) is 1.93. The second-order valence-corrected chi connectivity index (χ2v) is 4.73. The van der Waals surface area contributed by atoms with Gasteiger partial charge in [0.15, 0.2) is 0 Å². The van der Waals surface area contributed by atoms with E-state index in [-0.39, 0.29) is 5.91 Å². The highest BCUT2D eigenvalue weighted by atomic mass is 16.5. The molecule has 1 aromatic carbocycles. The molecule has 0 saturated carbocycles. The Balaban J connectivity index is 2.26. The van der Waals surface area contributed by atoms with E-state index >= 15 is 0 Å². The van der Waals surface area contributed by atoms with Gasteiger partial charge in [0.05, 0.1) is 18.7 Å². The summed E-state index contributed by atoms with van der Waals surface area (Å²) in [6.07, 6.45) is 0.427. The highest BCUT2D eigenvalue weighted by Crippen LogP contribution is 2.34. The largest absolute Gasteiger partial charge is 0.491 e. The zero-order valence-electron chi connectivity index (χ0n) is 11.8. The molecule has 1 aliphatic heterocycles. The molecule has 0 aliphatic carbocycles. The first-order valence-electron chi connectivity index (χ1n) is 6.52. The number of likely N-dealkylation sites (N-methyl/N-ethyl adjacent to an activating group) is 2. The number of rotatable bonds is 4. The lowest BCUT2D eigenvalue weighted by Crippen LogP contribution is -2.28. The van der Waals surface area contributed by atoms with Crippen LogP contribution in [0.1, 0.15) is 6.42 Å². The van der Waals surface area contributed by atoms with E-state index < -0.39 is 0 Å². The van der Waals surface area contributed by atoms with Crippen molar-refractivity contribution in [3.63, 3.8) is 0 Å². The van der Waals surface area contributed by atoms with Crippen LogP contribution in [0.4, 0.5) is 11.4 Å². The Kier molecular flexibility index (Phi) is 4.27. The minimum atomic E-state index is 0.0915. The third kappa shape index (κ3) is 2.98. The van der Waals surface area contributed by atoms with Crippen molar-refractivity contribution in [3.05, 3.63) is 18.2 Å². The van der Waals surface area contributed by atoms with Crippen molar-refractivity contribution in [2.45, 2.75) is 6.42 Å². The summed E-state index contributed by atoms with van der Waals surface area (Å²) in [7, 11) is 5.77. The number of hydrogen-bond donors (Lipinski definition) is 1. The van der Waals surface area contributed by atoms with Gasteiger partial charge in [0, 0.05) is 32.9 Å². The highest BCUT2D eigenvalue weighted by Gasteiger charge is 2.20. The molecule has 104 valence electrons. The maximum atomic E-state index is 11.9. The first kappa shape index (κ1) is 13.7. The van der Waals surface area contributed by atoms with E-state index in [4.69, 9.17) is 4.74 Å². The number of carbonyl (C=O) groups excluding carboxylic acids is 1. The molecule has 0 atom stereocenters. The van der Waals surface area contributed by atoms with Crippen LogP contribution in [0.25, 0.3) is 0 Å². The molecular formula is C14H21N3O2. The van der Waals surface area contributed by atoms with Crippen molar-refractivity contribution in [1.29, 1.82) is 0 Å². The fourth-order valence-corrected chi connectivity index (χ4v) is 2.09. The zero-order valence-corrected chi connectivity index (χ0v) is 11.8. The molecular weight excluding hydrogens is 242 g/mol. The second kappa shape index (κ2) is 5.93. The number of ether oxygens (including phenoxy) is 1. The number of nitrogens with one attached hydrogen (secondary N) is 1. The summed E-state index contributed by atoms with van der Waals surface area (Å²) in [6, 6.07) is 5.97. The minimum absolute atomic E-state index is 0.0915. The van der Waals surface area contributed by atoms with Gasteiger partial charge in [-0.15, -0.1) is 0 Å². The molecule has 0 aromatic heterocycles. The fourth-order valence-electron chi connectivity index (χ4n) is 2.09. The first-order valence-corrected chi connectivity index (χ1v) is 6.52. The van der Waals surface area contributed by atoms with Crippen molar-refractivity contribution in [1.82, 2.24) is 5.32 Å². The van der Waals surface area contributed by atoms with E-state index in [9.17, 15) is 4.79 Å². The van der Waals surface area contributed by atoms with Crippen LogP contribution in [-0.4, -0.2) is 46.7 Å². The van der Waals surface area contributed by atoms with Crippen molar-refractivity contribution in [2.24, 2.45) is 0 Å². The van der Waals surface area contributed by atoms with Crippen LogP contribution in [0, 0.1) is 0 Å². The lowest BCUT2D eigenvalue weighted by molar-refractivity contribution is -0.118. The van der Waals surface area contributed by atoms with Gasteiger partial charge >= 0.3 is 0 Å². The lowest BCUT2D eigenvalue weighted by Gasteiger charge is -2.23. The van der Waals surface area contributed by atoms with E-state index in [2.05, 4.69) is 10.2 Å². The average molecular weight is 263 g/mol. The van der Waals surface area contributed by atoms with Gasteiger partial charge in [-0.25, -0.2) is 0 Å². The van der Waals surface area contributed by atoms with Crippen molar-refractivity contribution < 1.29 is 9.53 Å². The number of carbonyl (C=O) groups is 1. The van der Waals surface area contributed by atoms with E-state index in [0.717, 1.165) is 30.2 Å². The predicted molar refractivity (Wildman–Crippen MR) is 77.2 cm³/mol. The van der Waals surface area contributed by atoms with Gasteiger partial charge in [0.25, 0.3) is 0 Å². The van der Waals surface area contributed by atoms with Crippen LogP contribution in [0.3, 0.4) is 0 Å². The number of benzene rings is 1. The monoisotopic (exact) mass is 263 g/mol. The van der Waals surface area contributed by atoms with Crippen LogP contribution in [0.5, 0.6) is 5.75 Å². The minimum Gasteiger partial charge on any atom is -0.491 e. The molecule has 2 rings (SSSR count). The van der Waals surface area contributed by atoms with Crippen LogP contribution in [0.15, 0.2) is 18.2 Å². The Labute approximate surface area is 114 Å². The SMILES string of the molecule is CNCCN(C)c1ccc2c(c1)N(C)C(=O)CCO2. The Morgan fingerprint density at radius 3 is 3.00 bits per heavy atom. The van der Waals surface area contributed by atoms with Crippen molar-refractivity contribution >= 4 is 17.3 Å². The van der Waals surface area contributed by atoms with Gasteiger partial charge in [0.2, 0.25) is 5.91 Å². The molecule has 1 N–H and O–H groups in total. The summed E-state index contributed by atoms with van der Waals surface area (Å²) in [5.74, 6) is 0.868. The van der Waals surface area contributed by atoms with E-state index in [0.29, 0.717) is 13.0 Å². The maximum Gasteiger partial charge on any atom is 0.230 e. The predicted octanol–water partition coefficient (Wildman–Crippen LogP) is 1.09. The van der Waals surface area contributed by atoms with Gasteiger partial charge < -0.3 is 19.9 Å². The molecule has 5 nitrogen and oxygen atoms in total. The van der Waals surface area contributed by atoms with Crippen molar-refractivity contribution in [3.8, 4) is 5.75 Å². The number of amides is 1. The molecule has 0 unspecified atom stereocenters. The summed E-state index contributed by atoms with van der Waals surface area (Å²) in [6.45, 7) is 2.28. The third-order valence-corrected chi connectivity index (χ3v) is 3.39. The normalized spacial score (nSPS) is 14.7. The zero-order chi connectivity index (χ0) is 13.8. The quantitative estimate of drug-likeness (QED) is 0.883. The molecule has 1 amide bonds. The van der Waals surface area contributed by atoms with Gasteiger partial charge in [0.1, 0.15) is 5.75 Å². The molecule has 1 aromatic rings. The number of fused-ring (bicyclic) bond motifs is 1. The highest BCUT2D eigenvalue weighted by molar-refractivity contribution is 5.95. The molecule has 0 bridgehead atoms. The summed E-state index contributed by atoms with van der Waals surface area (Å²) in [5, 5.41) is 3.13. The molecule has 1 heterocycles. The number of nitrogens with zero attached hydrogens (tertiary/aromatic N) is 2. The van der Waals surface area contributed by atoms with Gasteiger partial charge in [-0.05, 0) is 25.2 Å². The Morgan fingerprint density at radius 2 is 2.26 bits per heavy atom. The maximum absolute atomic E-state index is 11.9. The van der Waals surface area contributed by atoms with E-state index in [1.54, 1.807) is 11.9 Å². The topological polar surface area (TPSA) is 44.8 Å². The second-order valence-electron chi connectivity index (χ2n) is 4.73. The van der Waals surface area contributed by atoms with E-state index in [1.165, 1.54) is 0 Å². The summed E-state index contributed by atoms with van der Waals surface area (Å²) in [4.78, 5) is 15.7. The average Bonchev–Trinajstić information content (AvgIpc) is 2.56. The first-order chi connectivity index (χ1) is 9.13. The molecule has 0 fully saturated rings. The standard InChI is InChI=1S/C14H21N3O2/c1-15-7-8-16(2)11-4-5-13-12(10-11)17(3)14(18)6-9-19-13/h4-5,10,15H,6-9H2,1-3H3. The van der Waals surface area contributed by atoms with E-state index in [1.807, 2.05) is 32.3 Å². The van der Waals surface area contributed by atoms with Crippen LogP contribution < -0.4 is 19.9 Å². The molecule has 19 heavy (non-hydrogen) atoms. The smallest absolute Gasteiger partial charge is 0.230 e. The number of hydrogen-bond acceptors (Lipinski definition) is 4. The van der Waals surface area contributed by atoms with Crippen molar-refractivity contribution in [2.75, 3.05) is 50.6 Å². The molecule has 0 saturated heterocycles. The number of anilines is 2. The Hall–Kier alpha value is -1.75. The lowest BCUT2D eigenvalue weighted by atomic mass is 10.2. The summed E-state index contributed by atoms with van der Waals surface area (Å²) < 4.78 is 5.61. The van der Waals surface area contributed by atoms with Crippen LogP contribution in [0.2, 0.25) is 0 Å². The Bertz CT molecular complexity index is 462. The van der Waals surface area contributed by atoms with Gasteiger partial charge in [-0.2, -0.15) is 0 Å². The van der Waals surface area contributed by atoms with Crippen LogP contribution >= 0.6 is 0 Å². The summed E-state index contributed by atoms with van der Waals surface area (Å²) >= 11 is 0. The molecule has 1 aliphatic rings.